The van der Waals surface area contributed by atoms with Crippen LogP contribution in [0.3, 0.4) is 0 Å². The first kappa shape index (κ1) is 83.5. The molecule has 0 amide bonds. The van der Waals surface area contributed by atoms with Crippen molar-refractivity contribution in [3.8, 4) is 0 Å². The maximum Gasteiger partial charge on any atom is 3.00 e. The summed E-state index contributed by atoms with van der Waals surface area (Å²) in [4.78, 5) is 130. The largest absolute Gasteiger partial charge is 3.00 e. The fraction of sp³-hybridized carbons (Fsp3) is 0.600. The summed E-state index contributed by atoms with van der Waals surface area (Å²) >= 11 is 0. The molecule has 36 heteroatoms. The van der Waals surface area contributed by atoms with E-state index < -0.39 is 150 Å². The van der Waals surface area contributed by atoms with Crippen LogP contribution in [-0.2, 0) is 126 Å². The number of carboxylic acid groups (broad SMARTS) is 12. The Bertz CT molecular complexity index is 1170. The van der Waals surface area contributed by atoms with Gasteiger partial charge in [-0.3, -0.25) is 29.4 Å². The molecule has 0 fully saturated rings. The summed E-state index contributed by atoms with van der Waals surface area (Å²) in [5, 5.41) is 125. The maximum absolute atomic E-state index is 10.4. The van der Waals surface area contributed by atoms with Crippen LogP contribution >= 0.6 is 0 Å². The van der Waals surface area contributed by atoms with Crippen LogP contribution in [0, 0.1) is 0 Å². The van der Waals surface area contributed by atoms with Gasteiger partial charge in [0.15, 0.2) is 0 Å². The Morgan fingerprint density at radius 3 is 0.318 bits per heavy atom. The summed E-state index contributed by atoms with van der Waals surface area (Å²) in [6, 6.07) is 0. The normalized spacial score (nSPS) is 9.73. The topological polar surface area (TPSA) is 501 Å². The van der Waals surface area contributed by atoms with E-state index in [0.29, 0.717) is 0 Å². The molecule has 0 aromatic heterocycles. The van der Waals surface area contributed by atoms with E-state index in [1.54, 1.807) is 0 Å². The Morgan fingerprint density at radius 1 is 0.212 bits per heavy atom. The summed E-state index contributed by atoms with van der Waals surface area (Å²) in [6.07, 6.45) is 0. The van der Waals surface area contributed by atoms with Crippen molar-refractivity contribution >= 4 is 71.6 Å². The van der Waals surface area contributed by atoms with Crippen molar-refractivity contribution in [2.45, 2.75) is 0 Å². The Morgan fingerprint density at radius 2 is 0.273 bits per heavy atom. The Balaban J connectivity index is -0.0000000752. The predicted octanol–water partition coefficient (Wildman–Crippen LogP) is -28.0. The van der Waals surface area contributed by atoms with Gasteiger partial charge in [0, 0.05) is 118 Å². The standard InChI is InChI=1S/3C10H16N2O8.4Fe.2Na.2H/c3*13-7(14)3-11(4-8(15)16)1-2-12(5-9(17)18)6-10(19)20;;;;;;;;/h3*1-6H2,(H,13,14)(H,15,16)(H,17,18)(H,19,20);;;;;;;;/q;;;4*+3;2*+1;2*-1/p-12. The molecule has 0 atom stereocenters. The third-order valence-electron chi connectivity index (χ3n) is 6.43. The van der Waals surface area contributed by atoms with Crippen LogP contribution in [0.4, 0.5) is 0 Å². The average Bonchev–Trinajstić information content (AvgIpc) is 3.02. The second-order valence-electron chi connectivity index (χ2n) is 11.7. The van der Waals surface area contributed by atoms with Gasteiger partial charge in [0.05, 0.1) is 71.6 Å². The number of hydrogen-bond acceptors (Lipinski definition) is 30. The van der Waals surface area contributed by atoms with Crippen LogP contribution in [0.1, 0.15) is 2.85 Å². The van der Waals surface area contributed by atoms with Crippen molar-refractivity contribution in [1.29, 1.82) is 0 Å². The second kappa shape index (κ2) is 48.9. The molecule has 0 aliphatic rings. The van der Waals surface area contributed by atoms with Crippen molar-refractivity contribution in [3.05, 3.63) is 0 Å². The number of nitrogens with zero attached hydrogens (tertiary/aromatic N) is 6. The molecule has 0 saturated heterocycles. The fourth-order valence-electron chi connectivity index (χ4n) is 4.32. The van der Waals surface area contributed by atoms with Gasteiger partial charge in [-0.05, 0) is 0 Å². The molecule has 0 spiro atoms. The molecule has 0 unspecified atom stereocenters. The third kappa shape index (κ3) is 61.5. The van der Waals surface area contributed by atoms with E-state index in [0.717, 1.165) is 29.4 Å². The number of carboxylic acids is 12. The quantitative estimate of drug-likeness (QED) is 0.0551. The Kier molecular flexibility index (Phi) is 61.9. The average molecular weight is 1140 g/mol. The van der Waals surface area contributed by atoms with E-state index in [-0.39, 0.29) is 170 Å². The van der Waals surface area contributed by atoms with Crippen molar-refractivity contribution in [2.75, 3.05) is 118 Å². The van der Waals surface area contributed by atoms with E-state index in [1.807, 2.05) is 0 Å². The monoisotopic (exact) mass is 1140 g/mol. The molecule has 0 aliphatic carbocycles. The first-order valence-electron chi connectivity index (χ1n) is 16.3. The first-order valence-corrected chi connectivity index (χ1v) is 16.3. The van der Waals surface area contributed by atoms with Crippen LogP contribution < -0.4 is 120 Å². The van der Waals surface area contributed by atoms with Gasteiger partial charge in [-0.2, -0.15) is 0 Å². The Labute approximate surface area is 464 Å². The molecule has 366 valence electrons. The van der Waals surface area contributed by atoms with Crippen molar-refractivity contribution < 1.29 is 249 Å². The zero-order valence-corrected chi connectivity index (χ0v) is 43.0. The second-order valence-corrected chi connectivity index (χ2v) is 11.7. The molecule has 4 radical (unpaired) electrons. The number of aliphatic carboxylic acids is 12. The molecular formula is C30H38Fe4N6Na2O24. The fourth-order valence-corrected chi connectivity index (χ4v) is 4.32. The van der Waals surface area contributed by atoms with Crippen LogP contribution in [-0.4, -0.2) is 219 Å². The van der Waals surface area contributed by atoms with E-state index in [1.165, 1.54) is 0 Å². The molecule has 0 aromatic rings. The molecule has 0 aromatic carbocycles. The molecule has 66 heavy (non-hydrogen) atoms. The van der Waals surface area contributed by atoms with Crippen LogP contribution in [0.25, 0.3) is 0 Å². The van der Waals surface area contributed by atoms with E-state index in [4.69, 9.17) is 0 Å². The number of carbonyl (C=O) groups excluding carboxylic acids is 12. The molecule has 0 heterocycles. The summed E-state index contributed by atoms with van der Waals surface area (Å²) in [5.74, 6) is -18.4. The van der Waals surface area contributed by atoms with E-state index in [2.05, 4.69) is 0 Å². The molecular weight excluding hydrogens is 1100 g/mol. The number of hydrogen-bond donors (Lipinski definition) is 0. The summed E-state index contributed by atoms with van der Waals surface area (Å²) in [7, 11) is 0. The van der Waals surface area contributed by atoms with Gasteiger partial charge >= 0.3 is 127 Å². The van der Waals surface area contributed by atoms with E-state index >= 15 is 0 Å². The number of carbonyl (C=O) groups is 12. The van der Waals surface area contributed by atoms with Gasteiger partial charge < -0.3 is 122 Å². The van der Waals surface area contributed by atoms with Crippen molar-refractivity contribution in [1.82, 2.24) is 29.4 Å². The molecule has 0 bridgehead atoms. The van der Waals surface area contributed by atoms with Crippen molar-refractivity contribution in [3.63, 3.8) is 0 Å². The van der Waals surface area contributed by atoms with Gasteiger partial charge in [-0.1, -0.05) is 0 Å². The molecule has 0 N–H and O–H groups in total. The van der Waals surface area contributed by atoms with Crippen molar-refractivity contribution in [2.24, 2.45) is 0 Å². The molecule has 30 nitrogen and oxygen atoms in total. The molecule has 0 rings (SSSR count). The van der Waals surface area contributed by atoms with E-state index in [9.17, 15) is 119 Å². The minimum Gasteiger partial charge on any atom is -1.00 e. The van der Waals surface area contributed by atoms with Crippen LogP contribution in [0.5, 0.6) is 0 Å². The Hall–Kier alpha value is -2.52. The zero-order valence-electron chi connectivity index (χ0n) is 36.6. The summed E-state index contributed by atoms with van der Waals surface area (Å²) < 4.78 is 0. The SMILES string of the molecule is O=C([O-])CN(CCN(CC(=O)[O-])CC(=O)[O-])CC(=O)[O-].O=C([O-])CN(CCN(CC(=O)[O-])CC(=O)[O-])CC(=O)[O-].O=C([O-])CN(CCN(CC(=O)[O-])CC(=O)[O-])CC(=O)[O-].[Fe+3].[Fe+3].[Fe+3].[Fe+3].[H-].[H-].[Na+].[Na+]. The van der Waals surface area contributed by atoms with Crippen LogP contribution in [0.2, 0.25) is 0 Å². The molecule has 0 saturated carbocycles. The minimum absolute atomic E-state index is 0. The van der Waals surface area contributed by atoms with Gasteiger partial charge in [0.1, 0.15) is 0 Å². The van der Waals surface area contributed by atoms with Gasteiger partial charge in [0.2, 0.25) is 0 Å². The zero-order chi connectivity index (χ0) is 47.1. The predicted molar refractivity (Wildman–Crippen MR) is 161 cm³/mol. The maximum atomic E-state index is 10.4. The number of rotatable bonds is 33. The summed E-state index contributed by atoms with van der Waals surface area (Å²) in [5.41, 5.74) is 0. The smallest absolute Gasteiger partial charge is 1.00 e. The molecule has 0 aliphatic heterocycles. The van der Waals surface area contributed by atoms with Gasteiger partial charge in [-0.25, -0.2) is 0 Å². The summed E-state index contributed by atoms with van der Waals surface area (Å²) in [6.45, 7) is -9.75. The third-order valence-corrected chi connectivity index (χ3v) is 6.43. The van der Waals surface area contributed by atoms with Gasteiger partial charge in [0.25, 0.3) is 0 Å². The first-order chi connectivity index (χ1) is 27.6. The van der Waals surface area contributed by atoms with Gasteiger partial charge in [-0.15, -0.1) is 0 Å². The van der Waals surface area contributed by atoms with Crippen LogP contribution in [0.15, 0.2) is 0 Å². The minimum atomic E-state index is -1.53.